The number of amides is 1. The monoisotopic (exact) mass is 441 g/mol. The van der Waals surface area contributed by atoms with Gasteiger partial charge < -0.3 is 5.32 Å². The Bertz CT molecular complexity index is 1010. The van der Waals surface area contributed by atoms with Crippen LogP contribution in [0.25, 0.3) is 0 Å². The molecule has 30 heavy (non-hydrogen) atoms. The number of carbonyl (C=O) groups excluding carboxylic acids is 1. The molecule has 1 aliphatic carbocycles. The Kier molecular flexibility index (Phi) is 6.74. The second kappa shape index (κ2) is 9.11. The normalized spacial score (nSPS) is 14.2. The summed E-state index contributed by atoms with van der Waals surface area (Å²) in [6, 6.07) is 7.80. The zero-order valence-electron chi connectivity index (χ0n) is 16.2. The number of aromatic nitrogens is 2. The van der Waals surface area contributed by atoms with E-state index in [2.05, 4.69) is 15.3 Å². The number of sulfone groups is 1. The maximum absolute atomic E-state index is 13.3. The Morgan fingerprint density at radius 1 is 1.07 bits per heavy atom. The molecule has 2 aromatic rings. The van der Waals surface area contributed by atoms with Crippen molar-refractivity contribution in [2.24, 2.45) is 0 Å². The molecule has 0 spiro atoms. The second-order valence-corrected chi connectivity index (χ2v) is 9.21. The smallest absolute Gasteiger partial charge is 0.356 e. The molecular weight excluding hydrogens is 419 g/mol. The Morgan fingerprint density at radius 3 is 2.47 bits per heavy atom. The van der Waals surface area contributed by atoms with Gasteiger partial charge in [0, 0.05) is 30.6 Å². The average molecular weight is 441 g/mol. The predicted octanol–water partition coefficient (Wildman–Crippen LogP) is 2.90. The third-order valence-corrected chi connectivity index (χ3v) is 6.60. The molecule has 0 fully saturated rings. The van der Waals surface area contributed by atoms with Crippen molar-refractivity contribution < 1.29 is 26.4 Å². The third kappa shape index (κ3) is 5.56. The van der Waals surface area contributed by atoms with Crippen LogP contribution in [0.3, 0.4) is 0 Å². The van der Waals surface area contributed by atoms with Gasteiger partial charge in [0.05, 0.1) is 10.6 Å². The number of hydrogen-bond acceptors (Lipinski definition) is 5. The van der Waals surface area contributed by atoms with Gasteiger partial charge in [-0.05, 0) is 37.8 Å². The van der Waals surface area contributed by atoms with E-state index in [-0.39, 0.29) is 41.4 Å². The van der Waals surface area contributed by atoms with Crippen molar-refractivity contribution in [3.63, 3.8) is 0 Å². The van der Waals surface area contributed by atoms with Gasteiger partial charge in [0.15, 0.2) is 15.5 Å². The standard InChI is InChI=1S/C20H22F3N3O3S/c21-20(22,23)19-15-8-4-5-9-16(15)25-17(26-19)10-12-24-18(27)11-13-30(28,29)14-6-2-1-3-7-14/h1-3,6-7H,4-5,8-13H2,(H,24,27). The molecule has 1 heterocycles. The molecule has 6 nitrogen and oxygen atoms in total. The third-order valence-electron chi connectivity index (χ3n) is 4.87. The lowest BCUT2D eigenvalue weighted by Crippen LogP contribution is -2.28. The summed E-state index contributed by atoms with van der Waals surface area (Å²) in [6.07, 6.45) is -2.49. The van der Waals surface area contributed by atoms with Crippen molar-refractivity contribution in [2.75, 3.05) is 12.3 Å². The SMILES string of the molecule is O=C(CCS(=O)(=O)c1ccccc1)NCCc1nc2c(c(C(F)(F)F)n1)CCCC2. The lowest BCUT2D eigenvalue weighted by Gasteiger charge is -2.20. The molecule has 0 unspecified atom stereocenters. The molecular formula is C20H22F3N3O3S. The Balaban J connectivity index is 1.57. The van der Waals surface area contributed by atoms with Crippen LogP contribution in [0, 0.1) is 0 Å². The minimum absolute atomic E-state index is 0.0279. The zero-order valence-corrected chi connectivity index (χ0v) is 17.0. The van der Waals surface area contributed by atoms with Crippen LogP contribution in [-0.4, -0.2) is 36.6 Å². The number of hydrogen-bond donors (Lipinski definition) is 1. The lowest BCUT2D eigenvalue weighted by atomic mass is 9.94. The molecule has 0 atom stereocenters. The van der Waals surface area contributed by atoms with Crippen LogP contribution < -0.4 is 5.32 Å². The molecule has 10 heteroatoms. The van der Waals surface area contributed by atoms with Crippen LogP contribution in [0.15, 0.2) is 35.2 Å². The van der Waals surface area contributed by atoms with E-state index in [1.807, 2.05) is 0 Å². The van der Waals surface area contributed by atoms with Crippen LogP contribution in [0.2, 0.25) is 0 Å². The minimum Gasteiger partial charge on any atom is -0.356 e. The number of alkyl halides is 3. The van der Waals surface area contributed by atoms with Crippen LogP contribution in [0.5, 0.6) is 0 Å². The fraction of sp³-hybridized carbons (Fsp3) is 0.450. The molecule has 0 saturated heterocycles. The first-order valence-corrected chi connectivity index (χ1v) is 11.3. The van der Waals surface area contributed by atoms with Gasteiger partial charge in [-0.15, -0.1) is 0 Å². The Labute approximate surface area is 172 Å². The van der Waals surface area contributed by atoms with Gasteiger partial charge in [0.2, 0.25) is 5.91 Å². The summed E-state index contributed by atoms with van der Waals surface area (Å²) in [5, 5.41) is 2.53. The van der Waals surface area contributed by atoms with Crippen molar-refractivity contribution in [2.45, 2.75) is 49.6 Å². The highest BCUT2D eigenvalue weighted by Crippen LogP contribution is 2.34. The number of carbonyl (C=O) groups is 1. The summed E-state index contributed by atoms with van der Waals surface area (Å²) in [5.74, 6) is -0.820. The van der Waals surface area contributed by atoms with Crippen LogP contribution >= 0.6 is 0 Å². The van der Waals surface area contributed by atoms with Crippen molar-refractivity contribution >= 4 is 15.7 Å². The lowest BCUT2D eigenvalue weighted by molar-refractivity contribution is -0.142. The number of halogens is 3. The number of nitrogens with zero attached hydrogens (tertiary/aromatic N) is 2. The Morgan fingerprint density at radius 2 is 1.77 bits per heavy atom. The zero-order chi connectivity index (χ0) is 21.8. The first kappa shape index (κ1) is 22.2. The molecule has 1 N–H and O–H groups in total. The number of aryl methyl sites for hydroxylation is 1. The highest BCUT2D eigenvalue weighted by Gasteiger charge is 2.37. The van der Waals surface area contributed by atoms with Crippen LogP contribution in [0.1, 0.15) is 42.0 Å². The molecule has 162 valence electrons. The van der Waals surface area contributed by atoms with E-state index in [0.717, 1.165) is 6.42 Å². The fourth-order valence-electron chi connectivity index (χ4n) is 3.37. The minimum atomic E-state index is -4.55. The maximum Gasteiger partial charge on any atom is 0.433 e. The van der Waals surface area contributed by atoms with Gasteiger partial charge in [0.25, 0.3) is 0 Å². The van der Waals surface area contributed by atoms with E-state index in [1.54, 1.807) is 18.2 Å². The summed E-state index contributed by atoms with van der Waals surface area (Å²) in [4.78, 5) is 20.1. The number of benzene rings is 1. The fourth-order valence-corrected chi connectivity index (χ4v) is 4.63. The van der Waals surface area contributed by atoms with Crippen molar-refractivity contribution in [1.29, 1.82) is 0 Å². The number of nitrogens with one attached hydrogen (secondary N) is 1. The molecule has 0 saturated carbocycles. The summed E-state index contributed by atoms with van der Waals surface area (Å²) >= 11 is 0. The highest BCUT2D eigenvalue weighted by molar-refractivity contribution is 7.91. The first-order valence-electron chi connectivity index (χ1n) is 9.67. The quantitative estimate of drug-likeness (QED) is 0.714. The van der Waals surface area contributed by atoms with E-state index >= 15 is 0 Å². The van der Waals surface area contributed by atoms with Gasteiger partial charge in [0.1, 0.15) is 5.82 Å². The van der Waals surface area contributed by atoms with E-state index in [9.17, 15) is 26.4 Å². The Hall–Kier alpha value is -2.49. The highest BCUT2D eigenvalue weighted by atomic mass is 32.2. The molecule has 3 rings (SSSR count). The van der Waals surface area contributed by atoms with Gasteiger partial charge in [-0.1, -0.05) is 18.2 Å². The average Bonchev–Trinajstić information content (AvgIpc) is 2.72. The number of fused-ring (bicyclic) bond motifs is 1. The largest absolute Gasteiger partial charge is 0.433 e. The van der Waals surface area contributed by atoms with E-state index in [1.165, 1.54) is 12.1 Å². The van der Waals surface area contributed by atoms with E-state index < -0.39 is 27.6 Å². The molecule has 0 bridgehead atoms. The van der Waals surface area contributed by atoms with Crippen molar-refractivity contribution in [1.82, 2.24) is 15.3 Å². The summed E-state index contributed by atoms with van der Waals surface area (Å²) in [5.41, 5.74) is -0.283. The predicted molar refractivity (Wildman–Crippen MR) is 104 cm³/mol. The van der Waals surface area contributed by atoms with Crippen LogP contribution in [0.4, 0.5) is 13.2 Å². The summed E-state index contributed by atoms with van der Waals surface area (Å²) in [6.45, 7) is 0.0281. The van der Waals surface area contributed by atoms with Crippen molar-refractivity contribution in [3.05, 3.63) is 53.1 Å². The van der Waals surface area contributed by atoms with Gasteiger partial charge in [-0.25, -0.2) is 18.4 Å². The first-order chi connectivity index (χ1) is 14.2. The van der Waals surface area contributed by atoms with Crippen LogP contribution in [-0.2, 0) is 40.1 Å². The van der Waals surface area contributed by atoms with E-state index in [4.69, 9.17) is 0 Å². The van der Waals surface area contributed by atoms with Gasteiger partial charge >= 0.3 is 6.18 Å². The summed E-state index contributed by atoms with van der Waals surface area (Å²) in [7, 11) is -3.58. The van der Waals surface area contributed by atoms with Crippen molar-refractivity contribution in [3.8, 4) is 0 Å². The maximum atomic E-state index is 13.3. The van der Waals surface area contributed by atoms with Gasteiger partial charge in [-0.3, -0.25) is 4.79 Å². The topological polar surface area (TPSA) is 89.0 Å². The molecule has 1 aromatic heterocycles. The molecule has 0 radical (unpaired) electrons. The second-order valence-electron chi connectivity index (χ2n) is 7.10. The molecule has 0 aliphatic heterocycles. The van der Waals surface area contributed by atoms with Gasteiger partial charge in [-0.2, -0.15) is 13.2 Å². The molecule has 1 aliphatic rings. The summed E-state index contributed by atoms with van der Waals surface area (Å²) < 4.78 is 64.4. The molecule has 1 aromatic carbocycles. The molecule has 1 amide bonds. The number of rotatable bonds is 7. The van der Waals surface area contributed by atoms with E-state index in [0.29, 0.717) is 25.0 Å².